The number of carbonyl (C=O) groups excluding carboxylic acids is 2. The minimum atomic E-state index is -0.573. The van der Waals surface area contributed by atoms with Crippen LogP contribution in [-0.2, 0) is 22.6 Å². The van der Waals surface area contributed by atoms with Crippen molar-refractivity contribution in [3.8, 4) is 11.1 Å². The van der Waals surface area contributed by atoms with Crippen LogP contribution in [0.4, 0.5) is 0 Å². The van der Waals surface area contributed by atoms with Gasteiger partial charge in [0.15, 0.2) is 0 Å². The molecule has 2 N–H and O–H groups in total. The maximum Gasteiger partial charge on any atom is 0.235 e. The molecule has 2 aliphatic rings. The molecule has 4 heterocycles. The maximum atomic E-state index is 13.2. The van der Waals surface area contributed by atoms with Crippen LogP contribution in [-0.4, -0.2) is 21.4 Å². The summed E-state index contributed by atoms with van der Waals surface area (Å²) in [5.74, 6) is -1.57. The first-order chi connectivity index (χ1) is 16.7. The number of para-hydroxylation sites is 1. The predicted molar refractivity (Wildman–Crippen MR) is 133 cm³/mol. The lowest BCUT2D eigenvalue weighted by molar-refractivity contribution is -0.125. The molecule has 3 aromatic carbocycles. The number of aryl methyl sites for hydroxylation is 2. The molecular weight excluding hydrogens is 422 g/mol. The molecule has 0 radical (unpaired) electrons. The van der Waals surface area contributed by atoms with Crippen LogP contribution in [0, 0.1) is 0 Å². The molecule has 2 aromatic heterocycles. The number of imide groups is 1. The molecule has 2 aliphatic heterocycles. The molecule has 0 spiro atoms. The fourth-order valence-electron chi connectivity index (χ4n) is 5.96. The highest BCUT2D eigenvalue weighted by atomic mass is 16.2. The number of benzene rings is 3. The molecule has 0 saturated carbocycles. The molecule has 1 fully saturated rings. The number of amides is 2. The predicted octanol–water partition coefficient (Wildman–Crippen LogP) is 5.26. The second kappa shape index (κ2) is 7.19. The second-order valence-electron chi connectivity index (χ2n) is 9.37. The molecule has 0 bridgehead atoms. The van der Waals surface area contributed by atoms with Crippen molar-refractivity contribution in [2.24, 2.45) is 0 Å². The van der Waals surface area contributed by atoms with Crippen LogP contribution in [0.25, 0.3) is 32.9 Å². The Kier molecular flexibility index (Phi) is 4.09. The van der Waals surface area contributed by atoms with Gasteiger partial charge in [-0.1, -0.05) is 54.6 Å². The quantitative estimate of drug-likeness (QED) is 0.372. The third kappa shape index (κ3) is 2.73. The Morgan fingerprint density at radius 2 is 1.62 bits per heavy atom. The zero-order valence-electron chi connectivity index (χ0n) is 18.5. The van der Waals surface area contributed by atoms with E-state index in [4.69, 9.17) is 0 Å². The summed E-state index contributed by atoms with van der Waals surface area (Å²) in [6, 6.07) is 22.8. The molecule has 34 heavy (non-hydrogen) atoms. The van der Waals surface area contributed by atoms with Gasteiger partial charge >= 0.3 is 0 Å². The monoisotopic (exact) mass is 445 g/mol. The minimum absolute atomic E-state index is 0.215. The van der Waals surface area contributed by atoms with Gasteiger partial charge in [-0.3, -0.25) is 14.9 Å². The molecule has 1 saturated heterocycles. The molecule has 0 unspecified atom stereocenters. The van der Waals surface area contributed by atoms with E-state index in [0.29, 0.717) is 0 Å². The van der Waals surface area contributed by atoms with Crippen molar-refractivity contribution in [1.82, 2.24) is 14.9 Å². The van der Waals surface area contributed by atoms with Gasteiger partial charge in [0.05, 0.1) is 17.4 Å². The summed E-state index contributed by atoms with van der Waals surface area (Å²) in [7, 11) is 0. The van der Waals surface area contributed by atoms with Crippen LogP contribution in [0.15, 0.2) is 79.1 Å². The van der Waals surface area contributed by atoms with Crippen molar-refractivity contribution >= 4 is 33.6 Å². The Morgan fingerprint density at radius 3 is 2.47 bits per heavy atom. The van der Waals surface area contributed by atoms with E-state index < -0.39 is 11.8 Å². The summed E-state index contributed by atoms with van der Waals surface area (Å²) in [5, 5.41) is 4.70. The lowest BCUT2D eigenvalue weighted by Gasteiger charge is -2.15. The Morgan fingerprint density at radius 1 is 0.794 bits per heavy atom. The number of nitrogens with one attached hydrogen (secondary N) is 2. The SMILES string of the molecule is O=C1NC(=O)[C@@H](c2cn3c4c(cccc24)CCC3)[C@@H]1c1c[nH]c2ccc(-c3ccccc3)cc12. The van der Waals surface area contributed by atoms with Crippen molar-refractivity contribution in [2.75, 3.05) is 0 Å². The lowest BCUT2D eigenvalue weighted by atomic mass is 9.82. The third-order valence-corrected chi connectivity index (χ3v) is 7.49. The maximum absolute atomic E-state index is 13.2. The average Bonchev–Trinajstić information content (AvgIpc) is 3.53. The van der Waals surface area contributed by atoms with Crippen LogP contribution in [0.2, 0.25) is 0 Å². The fourth-order valence-corrected chi connectivity index (χ4v) is 5.96. The summed E-state index contributed by atoms with van der Waals surface area (Å²) in [6.45, 7) is 0.938. The Hall–Kier alpha value is -4.12. The van der Waals surface area contributed by atoms with Crippen LogP contribution in [0.3, 0.4) is 0 Å². The molecule has 0 aliphatic carbocycles. The number of aromatic amines is 1. The first-order valence-corrected chi connectivity index (χ1v) is 11.8. The van der Waals surface area contributed by atoms with Gasteiger partial charge in [0.25, 0.3) is 0 Å². The molecule has 5 aromatic rings. The van der Waals surface area contributed by atoms with E-state index in [0.717, 1.165) is 57.9 Å². The van der Waals surface area contributed by atoms with Crippen molar-refractivity contribution in [3.63, 3.8) is 0 Å². The highest BCUT2D eigenvalue weighted by Gasteiger charge is 2.45. The molecule has 5 heteroatoms. The fraction of sp³-hybridized carbons (Fsp3) is 0.172. The number of hydrogen-bond donors (Lipinski definition) is 2. The highest BCUT2D eigenvalue weighted by Crippen LogP contribution is 2.44. The van der Waals surface area contributed by atoms with Crippen LogP contribution >= 0.6 is 0 Å². The minimum Gasteiger partial charge on any atom is -0.361 e. The van der Waals surface area contributed by atoms with E-state index in [-0.39, 0.29) is 11.8 Å². The van der Waals surface area contributed by atoms with E-state index in [1.807, 2.05) is 30.5 Å². The average molecular weight is 446 g/mol. The smallest absolute Gasteiger partial charge is 0.235 e. The van der Waals surface area contributed by atoms with Gasteiger partial charge < -0.3 is 9.55 Å². The summed E-state index contributed by atoms with van der Waals surface area (Å²) < 4.78 is 2.26. The van der Waals surface area contributed by atoms with Crippen molar-refractivity contribution < 1.29 is 9.59 Å². The Labute approximate surface area is 196 Å². The first kappa shape index (κ1) is 19.4. The van der Waals surface area contributed by atoms with Gasteiger partial charge in [-0.2, -0.15) is 0 Å². The van der Waals surface area contributed by atoms with Crippen LogP contribution in [0.5, 0.6) is 0 Å². The van der Waals surface area contributed by atoms with Gasteiger partial charge in [0, 0.05) is 35.2 Å². The van der Waals surface area contributed by atoms with E-state index in [9.17, 15) is 9.59 Å². The Balaban J connectivity index is 1.41. The molecule has 2 atom stereocenters. The molecule has 2 amide bonds. The summed E-state index contributed by atoms with van der Waals surface area (Å²) in [4.78, 5) is 29.7. The number of nitrogens with zero attached hydrogens (tertiary/aromatic N) is 1. The lowest BCUT2D eigenvalue weighted by Crippen LogP contribution is -2.21. The van der Waals surface area contributed by atoms with E-state index in [2.05, 4.69) is 63.5 Å². The van der Waals surface area contributed by atoms with Gasteiger partial charge in [-0.05, 0) is 52.8 Å². The molecule has 5 nitrogen and oxygen atoms in total. The number of fused-ring (bicyclic) bond motifs is 1. The zero-order chi connectivity index (χ0) is 22.8. The molecule has 7 rings (SSSR count). The number of rotatable bonds is 3. The van der Waals surface area contributed by atoms with Gasteiger partial charge in [0.1, 0.15) is 0 Å². The summed E-state index contributed by atoms with van der Waals surface area (Å²) in [5.41, 5.74) is 7.50. The molecular formula is C29H23N3O2. The number of hydrogen-bond acceptors (Lipinski definition) is 2. The number of aromatic nitrogens is 2. The topological polar surface area (TPSA) is 66.9 Å². The van der Waals surface area contributed by atoms with E-state index in [1.54, 1.807) is 0 Å². The van der Waals surface area contributed by atoms with E-state index >= 15 is 0 Å². The van der Waals surface area contributed by atoms with Crippen LogP contribution < -0.4 is 5.32 Å². The highest BCUT2D eigenvalue weighted by molar-refractivity contribution is 6.13. The second-order valence-corrected chi connectivity index (χ2v) is 9.37. The Bertz CT molecular complexity index is 1610. The normalized spacial score (nSPS) is 19.8. The van der Waals surface area contributed by atoms with Gasteiger partial charge in [-0.25, -0.2) is 0 Å². The van der Waals surface area contributed by atoms with Gasteiger partial charge in [-0.15, -0.1) is 0 Å². The molecule has 166 valence electrons. The summed E-state index contributed by atoms with van der Waals surface area (Å²) in [6.07, 6.45) is 6.14. The third-order valence-electron chi connectivity index (χ3n) is 7.49. The number of carbonyl (C=O) groups is 2. The van der Waals surface area contributed by atoms with Gasteiger partial charge in [0.2, 0.25) is 11.8 Å². The largest absolute Gasteiger partial charge is 0.361 e. The zero-order valence-corrected chi connectivity index (χ0v) is 18.5. The summed E-state index contributed by atoms with van der Waals surface area (Å²) >= 11 is 0. The van der Waals surface area contributed by atoms with Crippen molar-refractivity contribution in [2.45, 2.75) is 31.2 Å². The number of H-pyrrole nitrogens is 1. The standard InChI is InChI=1S/C29H23N3O2/c33-28-25(22-15-30-24-12-11-19(14-21(22)24)17-6-2-1-3-7-17)26(29(34)31-28)23-16-32-13-5-9-18-8-4-10-20(23)27(18)32/h1-4,6-8,10-12,14-16,25-26,30H,5,9,13H2,(H,31,33,34)/t25-,26-/m0/s1. The van der Waals surface area contributed by atoms with Crippen molar-refractivity contribution in [1.29, 1.82) is 0 Å². The van der Waals surface area contributed by atoms with Crippen molar-refractivity contribution in [3.05, 3.63) is 95.8 Å². The first-order valence-electron chi connectivity index (χ1n) is 11.8. The van der Waals surface area contributed by atoms with E-state index in [1.165, 1.54) is 11.1 Å². The van der Waals surface area contributed by atoms with Crippen LogP contribution in [0.1, 0.15) is 34.9 Å².